The zero-order valence-corrected chi connectivity index (χ0v) is 22.2. The van der Waals surface area contributed by atoms with Crippen molar-refractivity contribution in [3.63, 3.8) is 0 Å². The lowest BCUT2D eigenvalue weighted by Crippen LogP contribution is -2.13. The first-order valence-corrected chi connectivity index (χ1v) is 12.8. The number of methoxy groups -OCH3 is 2. The zero-order valence-electron chi connectivity index (χ0n) is 21.4. The Labute approximate surface area is 230 Å². The molecule has 0 saturated carbocycles. The van der Waals surface area contributed by atoms with Gasteiger partial charge in [-0.05, 0) is 53.6 Å². The molecule has 0 unspecified atom stereocenters. The van der Waals surface area contributed by atoms with Crippen LogP contribution < -0.4 is 24.3 Å². The van der Waals surface area contributed by atoms with Crippen molar-refractivity contribution in [1.29, 1.82) is 5.26 Å². The molecule has 4 rings (SSSR count). The van der Waals surface area contributed by atoms with E-state index in [4.69, 9.17) is 18.9 Å². The van der Waals surface area contributed by atoms with Crippen molar-refractivity contribution in [2.75, 3.05) is 32.8 Å². The van der Waals surface area contributed by atoms with Gasteiger partial charge >= 0.3 is 0 Å². The van der Waals surface area contributed by atoms with Gasteiger partial charge < -0.3 is 18.9 Å². The van der Waals surface area contributed by atoms with E-state index in [-0.39, 0.29) is 12.2 Å². The van der Waals surface area contributed by atoms with Gasteiger partial charge in [0.25, 0.3) is 5.91 Å². The summed E-state index contributed by atoms with van der Waals surface area (Å²) in [5.74, 6) is 1.85. The van der Waals surface area contributed by atoms with Crippen LogP contribution in [-0.2, 0) is 11.2 Å². The van der Waals surface area contributed by atoms with E-state index in [1.54, 1.807) is 25.3 Å². The van der Waals surface area contributed by atoms with Gasteiger partial charge in [-0.3, -0.25) is 10.1 Å². The number of carbonyl (C=O) groups is 1. The molecule has 1 N–H and O–H groups in total. The van der Waals surface area contributed by atoms with E-state index in [9.17, 15) is 10.1 Å². The number of nitrogens with zero attached hydrogens (tertiary/aromatic N) is 3. The van der Waals surface area contributed by atoms with Gasteiger partial charge in [0.2, 0.25) is 5.13 Å². The molecule has 3 aromatic carbocycles. The average molecular weight is 543 g/mol. The van der Waals surface area contributed by atoms with Crippen LogP contribution in [-0.4, -0.2) is 43.5 Å². The molecule has 9 nitrogen and oxygen atoms in total. The third-order valence-electron chi connectivity index (χ3n) is 5.42. The van der Waals surface area contributed by atoms with Crippen molar-refractivity contribution in [3.8, 4) is 29.1 Å². The first-order chi connectivity index (χ1) is 19.1. The summed E-state index contributed by atoms with van der Waals surface area (Å²) >= 11 is 1.26. The highest BCUT2D eigenvalue weighted by Gasteiger charge is 2.14. The number of rotatable bonds is 12. The summed E-state index contributed by atoms with van der Waals surface area (Å²) in [7, 11) is 3.13. The Kier molecular flexibility index (Phi) is 9.47. The molecule has 0 aliphatic rings. The van der Waals surface area contributed by atoms with E-state index in [2.05, 4.69) is 15.5 Å². The average Bonchev–Trinajstić information content (AvgIpc) is 3.41. The van der Waals surface area contributed by atoms with Crippen molar-refractivity contribution in [3.05, 3.63) is 94.5 Å². The summed E-state index contributed by atoms with van der Waals surface area (Å²) in [5.41, 5.74) is 1.61. The van der Waals surface area contributed by atoms with Crippen molar-refractivity contribution in [1.82, 2.24) is 10.2 Å². The Bertz CT molecular complexity index is 1460. The predicted octanol–water partition coefficient (Wildman–Crippen LogP) is 5.15. The van der Waals surface area contributed by atoms with Gasteiger partial charge in [-0.15, -0.1) is 10.2 Å². The van der Waals surface area contributed by atoms with Crippen molar-refractivity contribution >= 4 is 28.5 Å². The first-order valence-electron chi connectivity index (χ1n) is 11.9. The fraction of sp³-hybridized carbons (Fsp3) is 0.172. The van der Waals surface area contributed by atoms with E-state index < -0.39 is 5.91 Å². The molecular formula is C29H26N4O5S. The normalized spacial score (nSPS) is 10.8. The van der Waals surface area contributed by atoms with Crippen molar-refractivity contribution < 1.29 is 23.7 Å². The molecule has 4 aromatic rings. The second-order valence-electron chi connectivity index (χ2n) is 8.07. The second-order valence-corrected chi connectivity index (χ2v) is 9.13. The largest absolute Gasteiger partial charge is 0.497 e. The van der Waals surface area contributed by atoms with Gasteiger partial charge in [-0.2, -0.15) is 5.26 Å². The molecule has 0 radical (unpaired) electrons. The molecule has 39 heavy (non-hydrogen) atoms. The number of nitriles is 1. The summed E-state index contributed by atoms with van der Waals surface area (Å²) in [4.78, 5) is 12.7. The van der Waals surface area contributed by atoms with Gasteiger partial charge in [-0.25, -0.2) is 0 Å². The predicted molar refractivity (Wildman–Crippen MR) is 148 cm³/mol. The SMILES string of the molecule is COc1ccc(OCCOc2ccc(C=C(C#N)C(=O)Nc3nnc(Cc4ccccc4)s3)cc2OC)cc1. The van der Waals surface area contributed by atoms with Crippen LogP contribution in [0.2, 0.25) is 0 Å². The molecule has 0 spiro atoms. The number of carbonyl (C=O) groups excluding carboxylic acids is 1. The third kappa shape index (κ3) is 7.80. The summed E-state index contributed by atoms with van der Waals surface area (Å²) in [6.45, 7) is 0.617. The topological polar surface area (TPSA) is 116 Å². The lowest BCUT2D eigenvalue weighted by atomic mass is 10.1. The maximum Gasteiger partial charge on any atom is 0.268 e. The molecule has 1 aromatic heterocycles. The Morgan fingerprint density at radius 3 is 2.38 bits per heavy atom. The van der Waals surface area contributed by atoms with E-state index in [0.29, 0.717) is 41.0 Å². The maximum atomic E-state index is 12.7. The van der Waals surface area contributed by atoms with Gasteiger partial charge in [0.1, 0.15) is 41.4 Å². The lowest BCUT2D eigenvalue weighted by molar-refractivity contribution is -0.112. The molecule has 10 heteroatoms. The number of benzene rings is 3. The Morgan fingerprint density at radius 1 is 0.923 bits per heavy atom. The molecule has 0 atom stereocenters. The van der Waals surface area contributed by atoms with Gasteiger partial charge in [0.15, 0.2) is 11.5 Å². The number of anilines is 1. The van der Waals surface area contributed by atoms with E-state index in [1.165, 1.54) is 24.5 Å². The van der Waals surface area contributed by atoms with Crippen LogP contribution >= 0.6 is 11.3 Å². The maximum absolute atomic E-state index is 12.7. The van der Waals surface area contributed by atoms with Crippen LogP contribution in [0.25, 0.3) is 6.08 Å². The number of aromatic nitrogens is 2. The van der Waals surface area contributed by atoms with Crippen molar-refractivity contribution in [2.24, 2.45) is 0 Å². The number of amides is 1. The Hall–Kier alpha value is -4.88. The number of ether oxygens (including phenoxy) is 4. The minimum Gasteiger partial charge on any atom is -0.497 e. The second kappa shape index (κ2) is 13.6. The Balaban J connectivity index is 1.34. The first kappa shape index (κ1) is 27.2. The minimum absolute atomic E-state index is 0.0848. The molecule has 0 saturated heterocycles. The lowest BCUT2D eigenvalue weighted by Gasteiger charge is -2.12. The smallest absolute Gasteiger partial charge is 0.268 e. The molecular weight excluding hydrogens is 516 g/mol. The number of nitrogens with one attached hydrogen (secondary N) is 1. The molecule has 1 heterocycles. The summed E-state index contributed by atoms with van der Waals surface area (Å²) in [6.07, 6.45) is 2.08. The number of hydrogen-bond donors (Lipinski definition) is 1. The third-order valence-corrected chi connectivity index (χ3v) is 6.26. The number of hydrogen-bond acceptors (Lipinski definition) is 9. The van der Waals surface area contributed by atoms with Crippen molar-refractivity contribution in [2.45, 2.75) is 6.42 Å². The zero-order chi connectivity index (χ0) is 27.5. The minimum atomic E-state index is -0.574. The monoisotopic (exact) mass is 542 g/mol. The fourth-order valence-electron chi connectivity index (χ4n) is 3.50. The van der Waals surface area contributed by atoms with Gasteiger partial charge in [0.05, 0.1) is 14.2 Å². The van der Waals surface area contributed by atoms with Gasteiger partial charge in [-0.1, -0.05) is 47.7 Å². The van der Waals surface area contributed by atoms with E-state index in [0.717, 1.165) is 16.3 Å². The van der Waals surface area contributed by atoms with Crippen LogP contribution in [0.4, 0.5) is 5.13 Å². The molecule has 0 aliphatic carbocycles. The highest BCUT2D eigenvalue weighted by Crippen LogP contribution is 2.29. The fourth-order valence-corrected chi connectivity index (χ4v) is 4.27. The molecule has 198 valence electrons. The Morgan fingerprint density at radius 2 is 1.67 bits per heavy atom. The highest BCUT2D eigenvalue weighted by molar-refractivity contribution is 7.15. The van der Waals surface area contributed by atoms with Crippen LogP contribution in [0.3, 0.4) is 0 Å². The van der Waals surface area contributed by atoms with Crippen LogP contribution in [0.1, 0.15) is 16.1 Å². The molecule has 0 aliphatic heterocycles. The molecule has 1 amide bonds. The van der Waals surface area contributed by atoms with Crippen LogP contribution in [0, 0.1) is 11.3 Å². The summed E-state index contributed by atoms with van der Waals surface area (Å²) in [5, 5.41) is 21.5. The summed E-state index contributed by atoms with van der Waals surface area (Å²) in [6, 6.07) is 24.2. The molecule has 0 bridgehead atoms. The van der Waals surface area contributed by atoms with E-state index >= 15 is 0 Å². The quantitative estimate of drug-likeness (QED) is 0.148. The van der Waals surface area contributed by atoms with E-state index in [1.807, 2.05) is 60.7 Å². The van der Waals surface area contributed by atoms with Crippen LogP contribution in [0.5, 0.6) is 23.0 Å². The molecule has 0 fully saturated rings. The van der Waals surface area contributed by atoms with Crippen LogP contribution in [0.15, 0.2) is 78.4 Å². The standard InChI is InChI=1S/C29H26N4O5S/c1-35-23-9-11-24(12-10-23)37-14-15-38-25-13-8-21(17-26(25)36-2)16-22(19-30)28(34)31-29-33-32-27(39-29)18-20-6-4-3-5-7-20/h3-13,16-17H,14-15,18H2,1-2H3,(H,31,33,34). The highest BCUT2D eigenvalue weighted by atomic mass is 32.1. The summed E-state index contributed by atoms with van der Waals surface area (Å²) < 4.78 is 22.1. The van der Waals surface area contributed by atoms with Gasteiger partial charge in [0, 0.05) is 6.42 Å².